The molecule has 0 heterocycles. The standard InChI is InChI=1S/C33H55N5O9/c1-31(2,3)38(30(44)45)25(17-19-37(29(42)43)22-23-14-11-10-12-15-23)20-26(39)35-21-24(36-28(41)47-33(7,8)9)16-13-18-34-27(40)46-32(4,5)6/h10-12,14-15,24-25H,13,16-22H2,1-9H3,(H,34,40)(H,35,39)(H,36,41)(H,42,43)(H,44,45)/t24-,25?/m0/s1. The van der Waals surface area contributed by atoms with Crippen molar-refractivity contribution in [3.63, 3.8) is 0 Å². The molecule has 1 aromatic carbocycles. The molecule has 0 aromatic heterocycles. The first-order valence-corrected chi connectivity index (χ1v) is 15.8. The van der Waals surface area contributed by atoms with E-state index in [9.17, 15) is 34.2 Å². The van der Waals surface area contributed by atoms with Crippen LogP contribution >= 0.6 is 0 Å². The van der Waals surface area contributed by atoms with Gasteiger partial charge in [-0.2, -0.15) is 0 Å². The summed E-state index contributed by atoms with van der Waals surface area (Å²) < 4.78 is 10.6. The van der Waals surface area contributed by atoms with Gasteiger partial charge in [0.1, 0.15) is 11.2 Å². The second-order valence-electron chi connectivity index (χ2n) is 14.4. The van der Waals surface area contributed by atoms with Gasteiger partial charge in [-0.05, 0) is 87.1 Å². The summed E-state index contributed by atoms with van der Waals surface area (Å²) in [5.41, 5.74) is -1.50. The van der Waals surface area contributed by atoms with Gasteiger partial charge >= 0.3 is 24.4 Å². The topological polar surface area (TPSA) is 187 Å². The van der Waals surface area contributed by atoms with E-state index in [-0.39, 0.29) is 39.0 Å². The molecule has 1 rings (SSSR count). The molecule has 0 saturated carbocycles. The van der Waals surface area contributed by atoms with Gasteiger partial charge in [0, 0.05) is 50.2 Å². The van der Waals surface area contributed by atoms with Gasteiger partial charge in [-0.1, -0.05) is 30.3 Å². The van der Waals surface area contributed by atoms with Crippen molar-refractivity contribution in [1.82, 2.24) is 25.8 Å². The number of nitrogens with zero attached hydrogens (tertiary/aromatic N) is 2. The number of benzene rings is 1. The van der Waals surface area contributed by atoms with Crippen LogP contribution in [0.15, 0.2) is 30.3 Å². The lowest BCUT2D eigenvalue weighted by Gasteiger charge is -2.40. The summed E-state index contributed by atoms with van der Waals surface area (Å²) in [5.74, 6) is -0.474. The minimum absolute atomic E-state index is 0.00446. The molecule has 47 heavy (non-hydrogen) atoms. The van der Waals surface area contributed by atoms with Crippen molar-refractivity contribution in [3.05, 3.63) is 35.9 Å². The largest absolute Gasteiger partial charge is 0.465 e. The summed E-state index contributed by atoms with van der Waals surface area (Å²) in [6.45, 7) is 15.9. The molecule has 1 unspecified atom stereocenters. The molecule has 0 saturated heterocycles. The molecule has 0 radical (unpaired) electrons. The third-order valence-electron chi connectivity index (χ3n) is 6.60. The van der Waals surface area contributed by atoms with Crippen LogP contribution in [0.2, 0.25) is 0 Å². The molecular formula is C33H55N5O9. The van der Waals surface area contributed by atoms with E-state index in [0.29, 0.717) is 12.8 Å². The Bertz CT molecular complexity index is 1170. The molecular weight excluding hydrogens is 610 g/mol. The number of carbonyl (C=O) groups excluding carboxylic acids is 3. The minimum Gasteiger partial charge on any atom is -0.465 e. The highest BCUT2D eigenvalue weighted by Gasteiger charge is 2.35. The van der Waals surface area contributed by atoms with Gasteiger partial charge in [-0.3, -0.25) is 9.69 Å². The average molecular weight is 666 g/mol. The molecule has 0 fully saturated rings. The number of carbonyl (C=O) groups is 5. The normalized spacial score (nSPS) is 13.0. The fraction of sp³-hybridized carbons (Fsp3) is 0.667. The van der Waals surface area contributed by atoms with Crippen LogP contribution in [0.4, 0.5) is 19.2 Å². The number of nitrogens with one attached hydrogen (secondary N) is 3. The molecule has 2 atom stereocenters. The minimum atomic E-state index is -1.23. The van der Waals surface area contributed by atoms with E-state index < -0.39 is 59.1 Å². The number of ether oxygens (including phenoxy) is 2. The summed E-state index contributed by atoms with van der Waals surface area (Å²) >= 11 is 0. The highest BCUT2D eigenvalue weighted by molar-refractivity contribution is 5.78. The van der Waals surface area contributed by atoms with Crippen LogP contribution in [0.1, 0.15) is 93.6 Å². The second kappa shape index (κ2) is 18.2. The van der Waals surface area contributed by atoms with E-state index in [4.69, 9.17) is 9.47 Å². The van der Waals surface area contributed by atoms with Crippen LogP contribution in [0.5, 0.6) is 0 Å². The predicted octanol–water partition coefficient (Wildman–Crippen LogP) is 5.41. The third kappa shape index (κ3) is 17.9. The predicted molar refractivity (Wildman–Crippen MR) is 177 cm³/mol. The van der Waals surface area contributed by atoms with E-state index in [1.807, 2.05) is 6.07 Å². The molecule has 0 spiro atoms. The van der Waals surface area contributed by atoms with E-state index in [0.717, 1.165) is 5.56 Å². The van der Waals surface area contributed by atoms with Crippen LogP contribution in [-0.2, 0) is 20.8 Å². The van der Waals surface area contributed by atoms with Crippen LogP contribution in [0, 0.1) is 0 Å². The van der Waals surface area contributed by atoms with Crippen molar-refractivity contribution < 1.29 is 43.7 Å². The summed E-state index contributed by atoms with van der Waals surface area (Å²) in [6, 6.07) is 7.61. The molecule has 14 nitrogen and oxygen atoms in total. The molecule has 266 valence electrons. The number of rotatable bonds is 15. The second-order valence-corrected chi connectivity index (χ2v) is 14.4. The van der Waals surface area contributed by atoms with Crippen LogP contribution in [-0.4, -0.2) is 98.8 Å². The first kappa shape index (κ1) is 40.8. The molecule has 0 aliphatic carbocycles. The number of hydrogen-bond acceptors (Lipinski definition) is 7. The van der Waals surface area contributed by atoms with Crippen molar-refractivity contribution >= 4 is 30.3 Å². The Morgan fingerprint density at radius 3 is 1.87 bits per heavy atom. The van der Waals surface area contributed by atoms with Crippen molar-refractivity contribution in [3.8, 4) is 0 Å². The molecule has 0 aliphatic rings. The maximum Gasteiger partial charge on any atom is 0.407 e. The maximum atomic E-state index is 13.3. The van der Waals surface area contributed by atoms with Crippen molar-refractivity contribution in [2.75, 3.05) is 19.6 Å². The first-order valence-electron chi connectivity index (χ1n) is 15.8. The quantitative estimate of drug-likeness (QED) is 0.153. The van der Waals surface area contributed by atoms with Gasteiger partial charge in [0.2, 0.25) is 5.91 Å². The van der Waals surface area contributed by atoms with Gasteiger partial charge in [0.15, 0.2) is 0 Å². The Morgan fingerprint density at radius 1 is 0.787 bits per heavy atom. The van der Waals surface area contributed by atoms with Crippen LogP contribution in [0.25, 0.3) is 0 Å². The van der Waals surface area contributed by atoms with E-state index in [2.05, 4.69) is 16.0 Å². The molecule has 5 amide bonds. The summed E-state index contributed by atoms with van der Waals surface area (Å²) in [4.78, 5) is 64.6. The van der Waals surface area contributed by atoms with Crippen LogP contribution < -0.4 is 16.0 Å². The van der Waals surface area contributed by atoms with Gasteiger partial charge in [-0.25, -0.2) is 19.2 Å². The maximum absolute atomic E-state index is 13.3. The highest BCUT2D eigenvalue weighted by Crippen LogP contribution is 2.23. The van der Waals surface area contributed by atoms with Crippen molar-refractivity contribution in [2.24, 2.45) is 0 Å². The fourth-order valence-electron chi connectivity index (χ4n) is 4.74. The Kier molecular flexibility index (Phi) is 15.8. The Hall–Kier alpha value is -4.23. The summed E-state index contributed by atoms with van der Waals surface area (Å²) in [7, 11) is 0. The number of carboxylic acid groups (broad SMARTS) is 2. The molecule has 14 heteroatoms. The van der Waals surface area contributed by atoms with E-state index in [1.54, 1.807) is 86.6 Å². The zero-order valence-electron chi connectivity index (χ0n) is 29.3. The Labute approximate surface area is 278 Å². The van der Waals surface area contributed by atoms with Gasteiger partial charge in [0.25, 0.3) is 0 Å². The lowest BCUT2D eigenvalue weighted by molar-refractivity contribution is -0.122. The number of alkyl carbamates (subject to hydrolysis) is 2. The van der Waals surface area contributed by atoms with Gasteiger partial charge in [0.05, 0.1) is 0 Å². The fourth-order valence-corrected chi connectivity index (χ4v) is 4.74. The summed E-state index contributed by atoms with van der Waals surface area (Å²) in [6.07, 6.45) is -2.98. The van der Waals surface area contributed by atoms with E-state index in [1.165, 1.54) is 9.80 Å². The average Bonchev–Trinajstić information content (AvgIpc) is 2.89. The monoisotopic (exact) mass is 665 g/mol. The molecule has 0 aliphatic heterocycles. The van der Waals surface area contributed by atoms with Crippen molar-refractivity contribution in [1.29, 1.82) is 0 Å². The third-order valence-corrected chi connectivity index (χ3v) is 6.60. The smallest absolute Gasteiger partial charge is 0.407 e. The molecule has 1 aromatic rings. The van der Waals surface area contributed by atoms with Gasteiger partial charge < -0.3 is 40.5 Å². The van der Waals surface area contributed by atoms with E-state index >= 15 is 0 Å². The Morgan fingerprint density at radius 2 is 1.36 bits per heavy atom. The SMILES string of the molecule is CC(C)(C)OC(=O)NCCC[C@@H](CNC(=O)CC(CCN(Cc1ccccc1)C(=O)O)N(C(=O)O)C(C)(C)C)NC(=O)OC(C)(C)C. The Balaban J connectivity index is 3.01. The highest BCUT2D eigenvalue weighted by atomic mass is 16.6. The summed E-state index contributed by atoms with van der Waals surface area (Å²) in [5, 5.41) is 28.1. The number of hydrogen-bond donors (Lipinski definition) is 5. The first-order chi connectivity index (χ1) is 21.6. The zero-order chi connectivity index (χ0) is 36.0. The van der Waals surface area contributed by atoms with Gasteiger partial charge in [-0.15, -0.1) is 0 Å². The molecule has 0 bridgehead atoms. The lowest BCUT2D eigenvalue weighted by atomic mass is 9.99. The van der Waals surface area contributed by atoms with Crippen molar-refractivity contribution in [2.45, 2.75) is 123 Å². The lowest BCUT2D eigenvalue weighted by Crippen LogP contribution is -2.54. The number of amides is 5. The van der Waals surface area contributed by atoms with Crippen LogP contribution in [0.3, 0.4) is 0 Å². The zero-order valence-corrected chi connectivity index (χ0v) is 29.3. The molecule has 5 N–H and O–H groups in total.